The van der Waals surface area contributed by atoms with Crippen LogP contribution in [0.4, 0.5) is 4.79 Å². The standard InChI is InChI=1S/C11H18N2O4S/c1-6(2)8(10(15)16)13-9(14)7(4-5-18-3)12-11(13)17/h6-8H,4-5H2,1-3H3,(H,12,17)(H,15,16). The summed E-state index contributed by atoms with van der Waals surface area (Å²) in [4.78, 5) is 35.8. The van der Waals surface area contributed by atoms with Gasteiger partial charge >= 0.3 is 12.0 Å². The quantitative estimate of drug-likeness (QED) is 0.699. The smallest absolute Gasteiger partial charge is 0.327 e. The maximum absolute atomic E-state index is 12.0. The molecule has 1 fully saturated rings. The van der Waals surface area contributed by atoms with Gasteiger partial charge in [-0.3, -0.25) is 4.79 Å². The molecule has 1 heterocycles. The average Bonchev–Trinajstić information content (AvgIpc) is 2.53. The molecule has 0 radical (unpaired) electrons. The van der Waals surface area contributed by atoms with E-state index < -0.39 is 30.0 Å². The zero-order valence-electron chi connectivity index (χ0n) is 10.7. The summed E-state index contributed by atoms with van der Waals surface area (Å²) in [6.07, 6.45) is 2.43. The molecule has 18 heavy (non-hydrogen) atoms. The molecule has 1 aliphatic rings. The number of urea groups is 1. The van der Waals surface area contributed by atoms with Gasteiger partial charge in [0.05, 0.1) is 0 Å². The van der Waals surface area contributed by atoms with Crippen molar-refractivity contribution in [1.29, 1.82) is 0 Å². The summed E-state index contributed by atoms with van der Waals surface area (Å²) in [6, 6.07) is -2.30. The summed E-state index contributed by atoms with van der Waals surface area (Å²) in [5.74, 6) is -1.17. The van der Waals surface area contributed by atoms with Gasteiger partial charge < -0.3 is 10.4 Å². The predicted molar refractivity (Wildman–Crippen MR) is 68.4 cm³/mol. The minimum atomic E-state index is -1.15. The third kappa shape index (κ3) is 2.95. The van der Waals surface area contributed by atoms with E-state index in [4.69, 9.17) is 5.11 Å². The molecular weight excluding hydrogens is 256 g/mol. The first-order chi connectivity index (χ1) is 8.40. The van der Waals surface area contributed by atoms with Gasteiger partial charge in [-0.15, -0.1) is 0 Å². The number of hydrogen-bond acceptors (Lipinski definition) is 4. The van der Waals surface area contributed by atoms with Gasteiger partial charge in [-0.25, -0.2) is 14.5 Å². The highest BCUT2D eigenvalue weighted by Crippen LogP contribution is 2.19. The summed E-state index contributed by atoms with van der Waals surface area (Å²) < 4.78 is 0. The number of carbonyl (C=O) groups is 3. The van der Waals surface area contributed by atoms with Crippen molar-refractivity contribution < 1.29 is 19.5 Å². The zero-order valence-corrected chi connectivity index (χ0v) is 11.5. The normalized spacial score (nSPS) is 21.3. The molecule has 6 nitrogen and oxygen atoms in total. The number of rotatable bonds is 6. The SMILES string of the molecule is CSCCC1NC(=O)N(C(C(=O)O)C(C)C)C1=O. The Morgan fingerprint density at radius 3 is 2.56 bits per heavy atom. The molecule has 0 aromatic rings. The van der Waals surface area contributed by atoms with Gasteiger partial charge in [0, 0.05) is 0 Å². The number of amides is 3. The first-order valence-corrected chi connectivity index (χ1v) is 7.14. The topological polar surface area (TPSA) is 86.7 Å². The molecule has 0 aliphatic carbocycles. The Labute approximate surface area is 110 Å². The van der Waals surface area contributed by atoms with Crippen molar-refractivity contribution in [2.24, 2.45) is 5.92 Å². The van der Waals surface area contributed by atoms with Crippen LogP contribution in [-0.4, -0.2) is 52.0 Å². The first-order valence-electron chi connectivity index (χ1n) is 5.75. The second-order valence-electron chi connectivity index (χ2n) is 4.52. The van der Waals surface area contributed by atoms with Gasteiger partial charge in [0.2, 0.25) is 0 Å². The second-order valence-corrected chi connectivity index (χ2v) is 5.50. The van der Waals surface area contributed by atoms with E-state index in [0.717, 1.165) is 10.7 Å². The lowest BCUT2D eigenvalue weighted by molar-refractivity contribution is -0.148. The van der Waals surface area contributed by atoms with Crippen molar-refractivity contribution in [3.8, 4) is 0 Å². The highest BCUT2D eigenvalue weighted by atomic mass is 32.2. The summed E-state index contributed by atoms with van der Waals surface area (Å²) >= 11 is 1.58. The van der Waals surface area contributed by atoms with E-state index >= 15 is 0 Å². The molecule has 0 spiro atoms. The van der Waals surface area contributed by atoms with Crippen LogP contribution in [0.15, 0.2) is 0 Å². The van der Waals surface area contributed by atoms with Crippen molar-refractivity contribution >= 4 is 29.7 Å². The summed E-state index contributed by atoms with van der Waals surface area (Å²) in [7, 11) is 0. The zero-order chi connectivity index (χ0) is 13.9. The largest absolute Gasteiger partial charge is 0.480 e. The lowest BCUT2D eigenvalue weighted by Crippen LogP contribution is -2.48. The molecule has 0 aromatic heterocycles. The molecule has 0 bridgehead atoms. The van der Waals surface area contributed by atoms with Crippen molar-refractivity contribution in [2.75, 3.05) is 12.0 Å². The molecule has 2 atom stereocenters. The molecule has 0 saturated carbocycles. The van der Waals surface area contributed by atoms with E-state index in [1.807, 2.05) is 6.26 Å². The number of nitrogens with one attached hydrogen (secondary N) is 1. The van der Waals surface area contributed by atoms with E-state index in [9.17, 15) is 14.4 Å². The Bertz CT molecular complexity index is 359. The minimum Gasteiger partial charge on any atom is -0.480 e. The molecule has 7 heteroatoms. The van der Waals surface area contributed by atoms with Crippen LogP contribution < -0.4 is 5.32 Å². The van der Waals surface area contributed by atoms with Gasteiger partial charge in [-0.2, -0.15) is 11.8 Å². The molecule has 0 aromatic carbocycles. The van der Waals surface area contributed by atoms with Gasteiger partial charge in [0.1, 0.15) is 12.1 Å². The van der Waals surface area contributed by atoms with E-state index in [1.165, 1.54) is 0 Å². The van der Waals surface area contributed by atoms with Gasteiger partial charge in [0.25, 0.3) is 5.91 Å². The first kappa shape index (κ1) is 14.8. The van der Waals surface area contributed by atoms with Crippen LogP contribution in [0.1, 0.15) is 20.3 Å². The number of carbonyl (C=O) groups excluding carboxylic acids is 2. The Kier molecular flexibility index (Phi) is 5.01. The second kappa shape index (κ2) is 6.08. The fourth-order valence-electron chi connectivity index (χ4n) is 1.94. The monoisotopic (exact) mass is 274 g/mol. The van der Waals surface area contributed by atoms with E-state index in [-0.39, 0.29) is 5.92 Å². The van der Waals surface area contributed by atoms with Gasteiger partial charge in [-0.1, -0.05) is 13.8 Å². The highest BCUT2D eigenvalue weighted by Gasteiger charge is 2.45. The summed E-state index contributed by atoms with van der Waals surface area (Å²) in [6.45, 7) is 3.35. The lowest BCUT2D eigenvalue weighted by atomic mass is 10.0. The number of aliphatic carboxylic acids is 1. The third-order valence-corrected chi connectivity index (χ3v) is 3.47. The highest BCUT2D eigenvalue weighted by molar-refractivity contribution is 7.98. The number of carboxylic acid groups (broad SMARTS) is 1. The van der Waals surface area contributed by atoms with Crippen molar-refractivity contribution in [3.63, 3.8) is 0 Å². The molecule has 2 unspecified atom stereocenters. The Morgan fingerprint density at radius 1 is 1.50 bits per heavy atom. The Hall–Kier alpha value is -1.24. The van der Waals surface area contributed by atoms with E-state index in [1.54, 1.807) is 25.6 Å². The summed E-state index contributed by atoms with van der Waals surface area (Å²) in [5.41, 5.74) is 0. The van der Waals surface area contributed by atoms with Gasteiger partial charge in [0.15, 0.2) is 0 Å². The molecule has 2 N–H and O–H groups in total. The van der Waals surface area contributed by atoms with Crippen LogP contribution in [0.5, 0.6) is 0 Å². The Balaban J connectivity index is 2.85. The molecule has 102 valence electrons. The molecule has 1 aliphatic heterocycles. The third-order valence-electron chi connectivity index (χ3n) is 2.83. The minimum absolute atomic E-state index is 0.323. The fraction of sp³-hybridized carbons (Fsp3) is 0.727. The maximum Gasteiger partial charge on any atom is 0.327 e. The van der Waals surface area contributed by atoms with Crippen LogP contribution in [0, 0.1) is 5.92 Å². The Morgan fingerprint density at radius 2 is 2.11 bits per heavy atom. The maximum atomic E-state index is 12.0. The van der Waals surface area contributed by atoms with Crippen LogP contribution in [0.25, 0.3) is 0 Å². The molecule has 1 saturated heterocycles. The molecule has 3 amide bonds. The van der Waals surface area contributed by atoms with Crippen LogP contribution >= 0.6 is 11.8 Å². The van der Waals surface area contributed by atoms with E-state index in [2.05, 4.69) is 5.32 Å². The van der Waals surface area contributed by atoms with Crippen LogP contribution in [0.2, 0.25) is 0 Å². The van der Waals surface area contributed by atoms with E-state index in [0.29, 0.717) is 6.42 Å². The van der Waals surface area contributed by atoms with Crippen molar-refractivity contribution in [2.45, 2.75) is 32.4 Å². The number of thioether (sulfide) groups is 1. The van der Waals surface area contributed by atoms with Gasteiger partial charge in [-0.05, 0) is 24.3 Å². The number of carboxylic acids is 1. The fourth-order valence-corrected chi connectivity index (χ4v) is 2.41. The number of nitrogens with zero attached hydrogens (tertiary/aromatic N) is 1. The van der Waals surface area contributed by atoms with Crippen molar-refractivity contribution in [3.05, 3.63) is 0 Å². The van der Waals surface area contributed by atoms with Crippen LogP contribution in [0.3, 0.4) is 0 Å². The van der Waals surface area contributed by atoms with Crippen LogP contribution in [-0.2, 0) is 9.59 Å². The summed E-state index contributed by atoms with van der Waals surface area (Å²) in [5, 5.41) is 11.7. The number of hydrogen-bond donors (Lipinski definition) is 2. The number of imide groups is 1. The molecular formula is C11H18N2O4S. The average molecular weight is 274 g/mol. The van der Waals surface area contributed by atoms with Crippen molar-refractivity contribution in [1.82, 2.24) is 10.2 Å². The predicted octanol–water partition coefficient (Wildman–Crippen LogP) is 0.769. The lowest BCUT2D eigenvalue weighted by Gasteiger charge is -2.24. The molecule has 1 rings (SSSR count).